The number of carboxylic acid groups (broad SMARTS) is 1. The minimum atomic E-state index is -3.86. The minimum Gasteiger partial charge on any atom is -0.480 e. The predicted octanol–water partition coefficient (Wildman–Crippen LogP) is -0.686. The number of carbonyl (C=O) groups excluding carboxylic acids is 1. The van der Waals surface area contributed by atoms with Crippen LogP contribution in [0, 0.1) is 5.92 Å². The normalized spacial score (nSPS) is 14.3. The summed E-state index contributed by atoms with van der Waals surface area (Å²) >= 11 is 0. The van der Waals surface area contributed by atoms with Crippen molar-refractivity contribution in [3.8, 4) is 0 Å². The van der Waals surface area contributed by atoms with Crippen LogP contribution in [0.5, 0.6) is 0 Å². The van der Waals surface area contributed by atoms with E-state index in [0.717, 1.165) is 6.20 Å². The molecule has 0 aliphatic heterocycles. The standard InChI is InChI=1S/C12H20N4O5S/c1-4-8(2)11(12(18)19)15-10(17)6-14-22(20,21)9-5-13-16(3)7-9/h5,7-8,11,14H,4,6H2,1-3H3,(H,15,17)(H,18,19)/t8-,11-/m0/s1. The lowest BCUT2D eigenvalue weighted by Gasteiger charge is -2.20. The third-order valence-electron chi connectivity index (χ3n) is 3.21. The molecule has 0 saturated carbocycles. The molecule has 10 heteroatoms. The summed E-state index contributed by atoms with van der Waals surface area (Å²) in [4.78, 5) is 22.8. The van der Waals surface area contributed by atoms with Crippen LogP contribution in [-0.2, 0) is 26.7 Å². The van der Waals surface area contributed by atoms with Gasteiger partial charge < -0.3 is 10.4 Å². The highest BCUT2D eigenvalue weighted by Gasteiger charge is 2.26. The molecule has 22 heavy (non-hydrogen) atoms. The number of carboxylic acids is 1. The van der Waals surface area contributed by atoms with Gasteiger partial charge in [0.05, 0.1) is 12.7 Å². The number of aryl methyl sites for hydroxylation is 1. The van der Waals surface area contributed by atoms with Crippen molar-refractivity contribution in [3.63, 3.8) is 0 Å². The van der Waals surface area contributed by atoms with Gasteiger partial charge in [0.2, 0.25) is 15.9 Å². The molecule has 0 bridgehead atoms. The minimum absolute atomic E-state index is 0.0699. The van der Waals surface area contributed by atoms with E-state index in [1.54, 1.807) is 20.9 Å². The number of hydrogen-bond acceptors (Lipinski definition) is 5. The van der Waals surface area contributed by atoms with E-state index in [9.17, 15) is 18.0 Å². The van der Waals surface area contributed by atoms with Gasteiger partial charge in [-0.1, -0.05) is 20.3 Å². The summed E-state index contributed by atoms with van der Waals surface area (Å²) in [6.07, 6.45) is 3.01. The molecule has 0 spiro atoms. The van der Waals surface area contributed by atoms with Gasteiger partial charge in [-0.15, -0.1) is 0 Å². The van der Waals surface area contributed by atoms with Gasteiger partial charge in [-0.2, -0.15) is 5.10 Å². The van der Waals surface area contributed by atoms with Crippen LogP contribution in [0.3, 0.4) is 0 Å². The molecule has 0 fully saturated rings. The van der Waals surface area contributed by atoms with Crippen molar-refractivity contribution in [2.45, 2.75) is 31.2 Å². The maximum absolute atomic E-state index is 11.9. The molecule has 1 aromatic rings. The fourth-order valence-electron chi connectivity index (χ4n) is 1.69. The lowest BCUT2D eigenvalue weighted by atomic mass is 9.99. The molecule has 0 radical (unpaired) electrons. The van der Waals surface area contributed by atoms with Gasteiger partial charge in [-0.05, 0) is 5.92 Å². The highest BCUT2D eigenvalue weighted by molar-refractivity contribution is 7.89. The topological polar surface area (TPSA) is 130 Å². The summed E-state index contributed by atoms with van der Waals surface area (Å²) in [5, 5.41) is 15.1. The van der Waals surface area contributed by atoms with Crippen LogP contribution in [0.4, 0.5) is 0 Å². The van der Waals surface area contributed by atoms with Gasteiger partial charge in [0.25, 0.3) is 0 Å². The molecule has 124 valence electrons. The van der Waals surface area contributed by atoms with Gasteiger partial charge >= 0.3 is 5.97 Å². The summed E-state index contributed by atoms with van der Waals surface area (Å²) in [5.41, 5.74) is 0. The third kappa shape index (κ3) is 4.81. The number of aromatic nitrogens is 2. The van der Waals surface area contributed by atoms with Gasteiger partial charge in [0, 0.05) is 13.2 Å². The summed E-state index contributed by atoms with van der Waals surface area (Å²) in [7, 11) is -2.29. The number of rotatable bonds is 8. The Balaban J connectivity index is 2.64. The highest BCUT2D eigenvalue weighted by Crippen LogP contribution is 2.08. The van der Waals surface area contributed by atoms with E-state index in [-0.39, 0.29) is 10.8 Å². The van der Waals surface area contributed by atoms with E-state index < -0.39 is 34.5 Å². The molecule has 1 rings (SSSR count). The number of nitrogens with zero attached hydrogens (tertiary/aromatic N) is 2. The number of nitrogens with one attached hydrogen (secondary N) is 2. The van der Waals surface area contributed by atoms with Crippen LogP contribution >= 0.6 is 0 Å². The zero-order valence-electron chi connectivity index (χ0n) is 12.6. The second-order valence-corrected chi connectivity index (χ2v) is 6.71. The molecule has 0 unspecified atom stereocenters. The largest absolute Gasteiger partial charge is 0.480 e. The van der Waals surface area contributed by atoms with E-state index in [4.69, 9.17) is 5.11 Å². The molecule has 0 aliphatic carbocycles. The lowest BCUT2D eigenvalue weighted by molar-refractivity contribution is -0.143. The van der Waals surface area contributed by atoms with Crippen molar-refractivity contribution in [1.29, 1.82) is 0 Å². The van der Waals surface area contributed by atoms with Crippen molar-refractivity contribution in [3.05, 3.63) is 12.4 Å². The van der Waals surface area contributed by atoms with Gasteiger partial charge in [-0.3, -0.25) is 9.48 Å². The second-order valence-electron chi connectivity index (χ2n) is 4.94. The Morgan fingerprint density at radius 3 is 2.55 bits per heavy atom. The molecule has 9 nitrogen and oxygen atoms in total. The van der Waals surface area contributed by atoms with Crippen molar-refractivity contribution in [2.24, 2.45) is 13.0 Å². The molecule has 0 aromatic carbocycles. The molecular formula is C12H20N4O5S. The van der Waals surface area contributed by atoms with Crippen LogP contribution in [-0.4, -0.2) is 47.8 Å². The van der Waals surface area contributed by atoms with Gasteiger partial charge in [0.15, 0.2) is 0 Å². The Labute approximate surface area is 128 Å². The first-order chi connectivity index (χ1) is 10.2. The number of aliphatic carboxylic acids is 1. The first kappa shape index (κ1) is 18.1. The van der Waals surface area contributed by atoms with E-state index in [2.05, 4.69) is 15.1 Å². The average molecular weight is 332 g/mol. The summed E-state index contributed by atoms with van der Waals surface area (Å²) in [6, 6.07) is -1.06. The number of hydrogen-bond donors (Lipinski definition) is 3. The SMILES string of the molecule is CC[C@H](C)[C@H](NC(=O)CNS(=O)(=O)c1cnn(C)c1)C(=O)O. The van der Waals surface area contributed by atoms with Crippen molar-refractivity contribution in [1.82, 2.24) is 19.8 Å². The highest BCUT2D eigenvalue weighted by atomic mass is 32.2. The van der Waals surface area contributed by atoms with Gasteiger partial charge in [-0.25, -0.2) is 17.9 Å². The molecular weight excluding hydrogens is 312 g/mol. The van der Waals surface area contributed by atoms with Crippen LogP contribution in [0.15, 0.2) is 17.3 Å². The van der Waals surface area contributed by atoms with Crippen LogP contribution in [0.25, 0.3) is 0 Å². The number of carbonyl (C=O) groups is 2. The number of sulfonamides is 1. The Morgan fingerprint density at radius 1 is 1.45 bits per heavy atom. The predicted molar refractivity (Wildman–Crippen MR) is 77.4 cm³/mol. The van der Waals surface area contributed by atoms with E-state index in [1.807, 2.05) is 0 Å². The maximum atomic E-state index is 11.9. The van der Waals surface area contributed by atoms with Gasteiger partial charge in [0.1, 0.15) is 10.9 Å². The zero-order chi connectivity index (χ0) is 16.9. The Kier molecular flexibility index (Phi) is 6.06. The fourth-order valence-corrected chi connectivity index (χ4v) is 2.65. The van der Waals surface area contributed by atoms with Crippen molar-refractivity contribution in [2.75, 3.05) is 6.54 Å². The fraction of sp³-hybridized carbons (Fsp3) is 0.583. The molecule has 3 N–H and O–H groups in total. The molecule has 0 saturated heterocycles. The number of amides is 1. The first-order valence-electron chi connectivity index (χ1n) is 6.67. The molecule has 1 heterocycles. The average Bonchev–Trinajstić information content (AvgIpc) is 2.89. The van der Waals surface area contributed by atoms with E-state index in [1.165, 1.54) is 10.9 Å². The first-order valence-corrected chi connectivity index (χ1v) is 8.16. The maximum Gasteiger partial charge on any atom is 0.326 e. The quantitative estimate of drug-likeness (QED) is 0.578. The van der Waals surface area contributed by atoms with E-state index >= 15 is 0 Å². The lowest BCUT2D eigenvalue weighted by Crippen LogP contribution is -2.48. The Bertz CT molecular complexity index is 640. The molecule has 0 aliphatic rings. The monoisotopic (exact) mass is 332 g/mol. The third-order valence-corrected chi connectivity index (χ3v) is 4.57. The second kappa shape index (κ2) is 7.36. The van der Waals surface area contributed by atoms with Crippen molar-refractivity contribution < 1.29 is 23.1 Å². The zero-order valence-corrected chi connectivity index (χ0v) is 13.4. The Morgan fingerprint density at radius 2 is 2.09 bits per heavy atom. The van der Waals surface area contributed by atoms with Crippen LogP contribution in [0.1, 0.15) is 20.3 Å². The van der Waals surface area contributed by atoms with E-state index in [0.29, 0.717) is 6.42 Å². The summed E-state index contributed by atoms with van der Waals surface area (Å²) in [6.45, 7) is 2.95. The van der Waals surface area contributed by atoms with Crippen LogP contribution < -0.4 is 10.0 Å². The molecule has 1 aromatic heterocycles. The summed E-state index contributed by atoms with van der Waals surface area (Å²) in [5.74, 6) is -2.13. The molecule has 1 amide bonds. The summed E-state index contributed by atoms with van der Waals surface area (Å²) < 4.78 is 27.2. The smallest absolute Gasteiger partial charge is 0.326 e. The van der Waals surface area contributed by atoms with Crippen molar-refractivity contribution >= 4 is 21.9 Å². The Hall–Kier alpha value is -1.94. The molecule has 2 atom stereocenters. The van der Waals surface area contributed by atoms with Crippen LogP contribution in [0.2, 0.25) is 0 Å².